The van der Waals surface area contributed by atoms with Crippen LogP contribution in [-0.4, -0.2) is 29.2 Å². The molecule has 1 aromatic carbocycles. The van der Waals surface area contributed by atoms with E-state index in [1.54, 1.807) is 0 Å². The van der Waals surface area contributed by atoms with E-state index in [4.69, 9.17) is 4.74 Å². The Hall–Kier alpha value is -1.26. The number of rotatable bonds is 4. The Morgan fingerprint density at radius 2 is 2.16 bits per heavy atom. The van der Waals surface area contributed by atoms with Gasteiger partial charge in [0.1, 0.15) is 0 Å². The normalized spacial score (nSPS) is 19.1. The van der Waals surface area contributed by atoms with Crippen molar-refractivity contribution >= 4 is 23.4 Å². The minimum absolute atomic E-state index is 0. The third-order valence-corrected chi connectivity index (χ3v) is 3.49. The van der Waals surface area contributed by atoms with Gasteiger partial charge in [-0.05, 0) is 37.9 Å². The third-order valence-electron chi connectivity index (χ3n) is 3.49. The lowest BCUT2D eigenvalue weighted by atomic mass is 10.0. The number of fused-ring (bicyclic) bond motifs is 1. The van der Waals surface area contributed by atoms with E-state index in [0.717, 1.165) is 30.6 Å². The Bertz CT molecular complexity index is 475. The number of nitrogens with one attached hydrogen (secondary N) is 2. The van der Waals surface area contributed by atoms with Crippen LogP contribution < -0.4 is 10.1 Å². The number of hydrogen-bond acceptors (Lipinski definition) is 3. The fourth-order valence-electron chi connectivity index (χ4n) is 2.47. The number of H-pyrrole nitrogens is 1. The van der Waals surface area contributed by atoms with Gasteiger partial charge < -0.3 is 15.0 Å². The predicted octanol–water partition coefficient (Wildman–Crippen LogP) is 2.90. The lowest BCUT2D eigenvalue weighted by molar-refractivity contribution is 0.255. The topological polar surface area (TPSA) is 49.9 Å². The van der Waals surface area contributed by atoms with Crippen molar-refractivity contribution < 1.29 is 4.74 Å². The zero-order chi connectivity index (χ0) is 12.2. The standard InChI is InChI=1S/C14H19N3O.ClH/c1-2-7-13-12(6-1)16-14(17-13)18-10-8-11-5-3-4-9-15-11;/h1-2,6-7,11,15H,3-5,8-10H2,(H,16,17);1H. The van der Waals surface area contributed by atoms with Gasteiger partial charge in [0.05, 0.1) is 17.6 Å². The molecule has 2 N–H and O–H groups in total. The van der Waals surface area contributed by atoms with Crippen LogP contribution in [0.3, 0.4) is 0 Å². The van der Waals surface area contributed by atoms with Crippen LogP contribution in [0.15, 0.2) is 24.3 Å². The van der Waals surface area contributed by atoms with Gasteiger partial charge in [0.2, 0.25) is 0 Å². The highest BCUT2D eigenvalue weighted by Gasteiger charge is 2.12. The number of hydrogen-bond donors (Lipinski definition) is 2. The number of para-hydroxylation sites is 2. The molecule has 1 aliphatic rings. The summed E-state index contributed by atoms with van der Waals surface area (Å²) in [6.07, 6.45) is 4.96. The van der Waals surface area contributed by atoms with Crippen molar-refractivity contribution in [2.75, 3.05) is 13.2 Å². The number of aromatic nitrogens is 2. The largest absolute Gasteiger partial charge is 0.465 e. The second kappa shape index (κ2) is 6.78. The van der Waals surface area contributed by atoms with Gasteiger partial charge in [-0.1, -0.05) is 18.6 Å². The van der Waals surface area contributed by atoms with Crippen molar-refractivity contribution in [2.45, 2.75) is 31.7 Å². The highest BCUT2D eigenvalue weighted by molar-refractivity contribution is 5.85. The van der Waals surface area contributed by atoms with Gasteiger partial charge in [0.15, 0.2) is 0 Å². The van der Waals surface area contributed by atoms with Crippen LogP contribution in [0.1, 0.15) is 25.7 Å². The first-order chi connectivity index (χ1) is 8.92. The summed E-state index contributed by atoms with van der Waals surface area (Å²) in [5, 5.41) is 3.52. The minimum Gasteiger partial charge on any atom is -0.465 e. The van der Waals surface area contributed by atoms with Crippen molar-refractivity contribution in [1.82, 2.24) is 15.3 Å². The second-order valence-electron chi connectivity index (χ2n) is 4.84. The van der Waals surface area contributed by atoms with E-state index in [-0.39, 0.29) is 12.4 Å². The molecule has 4 nitrogen and oxygen atoms in total. The number of aromatic amines is 1. The van der Waals surface area contributed by atoms with E-state index >= 15 is 0 Å². The maximum atomic E-state index is 5.69. The van der Waals surface area contributed by atoms with Crippen LogP contribution in [0.5, 0.6) is 6.01 Å². The molecule has 3 rings (SSSR count). The average molecular weight is 282 g/mol. The van der Waals surface area contributed by atoms with Gasteiger partial charge in [0.25, 0.3) is 6.01 Å². The molecule has 1 atom stereocenters. The molecule has 2 heterocycles. The zero-order valence-electron chi connectivity index (χ0n) is 10.9. The van der Waals surface area contributed by atoms with Gasteiger partial charge in [-0.15, -0.1) is 12.4 Å². The van der Waals surface area contributed by atoms with Gasteiger partial charge in [-0.2, -0.15) is 4.98 Å². The summed E-state index contributed by atoms with van der Waals surface area (Å²) < 4.78 is 5.69. The molecule has 1 saturated heterocycles. The average Bonchev–Trinajstić information content (AvgIpc) is 2.82. The highest BCUT2D eigenvalue weighted by Crippen LogP contribution is 2.16. The Labute approximate surface area is 119 Å². The molecule has 104 valence electrons. The predicted molar refractivity (Wildman–Crippen MR) is 79.1 cm³/mol. The fraction of sp³-hybridized carbons (Fsp3) is 0.500. The van der Waals surface area contributed by atoms with E-state index in [1.807, 2.05) is 24.3 Å². The monoisotopic (exact) mass is 281 g/mol. The van der Waals surface area contributed by atoms with Crippen molar-refractivity contribution in [3.63, 3.8) is 0 Å². The molecule has 0 amide bonds. The summed E-state index contributed by atoms with van der Waals surface area (Å²) in [5.74, 6) is 0. The van der Waals surface area contributed by atoms with Crippen LogP contribution in [0.2, 0.25) is 0 Å². The number of piperidine rings is 1. The summed E-state index contributed by atoms with van der Waals surface area (Å²) in [5.41, 5.74) is 1.99. The van der Waals surface area contributed by atoms with Gasteiger partial charge in [0, 0.05) is 6.04 Å². The van der Waals surface area contributed by atoms with Gasteiger partial charge in [-0.3, -0.25) is 0 Å². The molecular weight excluding hydrogens is 262 g/mol. The number of imidazole rings is 1. The first-order valence-corrected chi connectivity index (χ1v) is 6.73. The summed E-state index contributed by atoms with van der Waals surface area (Å²) in [7, 11) is 0. The zero-order valence-corrected chi connectivity index (χ0v) is 11.7. The van der Waals surface area contributed by atoms with E-state index in [0.29, 0.717) is 12.1 Å². The molecule has 0 aliphatic carbocycles. The second-order valence-corrected chi connectivity index (χ2v) is 4.84. The SMILES string of the molecule is Cl.c1ccc2[nH]c(OCCC3CCCCN3)nc2c1. The van der Waals surface area contributed by atoms with Crippen molar-refractivity contribution in [3.8, 4) is 6.01 Å². The van der Waals surface area contributed by atoms with E-state index in [2.05, 4.69) is 15.3 Å². The Balaban J connectivity index is 0.00000133. The summed E-state index contributed by atoms with van der Waals surface area (Å²) >= 11 is 0. The molecule has 1 unspecified atom stereocenters. The number of halogens is 1. The molecule has 1 aliphatic heterocycles. The Morgan fingerprint density at radius 3 is 2.95 bits per heavy atom. The minimum atomic E-state index is 0. The molecule has 0 radical (unpaired) electrons. The van der Waals surface area contributed by atoms with Crippen LogP contribution in [0.4, 0.5) is 0 Å². The van der Waals surface area contributed by atoms with Crippen LogP contribution in [-0.2, 0) is 0 Å². The maximum absolute atomic E-state index is 5.69. The molecular formula is C14H20ClN3O. The molecule has 0 saturated carbocycles. The molecule has 1 fully saturated rings. The highest BCUT2D eigenvalue weighted by atomic mass is 35.5. The van der Waals surface area contributed by atoms with Gasteiger partial charge in [-0.25, -0.2) is 0 Å². The third kappa shape index (κ3) is 3.61. The van der Waals surface area contributed by atoms with Crippen LogP contribution >= 0.6 is 12.4 Å². The van der Waals surface area contributed by atoms with Crippen molar-refractivity contribution in [3.05, 3.63) is 24.3 Å². The lowest BCUT2D eigenvalue weighted by Crippen LogP contribution is -2.35. The number of ether oxygens (including phenoxy) is 1. The van der Waals surface area contributed by atoms with Crippen LogP contribution in [0, 0.1) is 0 Å². The summed E-state index contributed by atoms with van der Waals surface area (Å²) in [6.45, 7) is 1.87. The Morgan fingerprint density at radius 1 is 1.26 bits per heavy atom. The molecule has 2 aromatic rings. The quantitative estimate of drug-likeness (QED) is 0.906. The number of benzene rings is 1. The smallest absolute Gasteiger partial charge is 0.294 e. The summed E-state index contributed by atoms with van der Waals surface area (Å²) in [6, 6.07) is 9.23. The fourth-order valence-corrected chi connectivity index (χ4v) is 2.47. The van der Waals surface area contributed by atoms with E-state index in [1.165, 1.54) is 19.3 Å². The molecule has 0 spiro atoms. The Kier molecular flexibility index (Phi) is 5.05. The molecule has 19 heavy (non-hydrogen) atoms. The molecule has 5 heteroatoms. The van der Waals surface area contributed by atoms with Gasteiger partial charge >= 0.3 is 0 Å². The van der Waals surface area contributed by atoms with Crippen LogP contribution in [0.25, 0.3) is 11.0 Å². The van der Waals surface area contributed by atoms with E-state index in [9.17, 15) is 0 Å². The number of nitrogens with zero attached hydrogens (tertiary/aromatic N) is 1. The van der Waals surface area contributed by atoms with Crippen molar-refractivity contribution in [2.24, 2.45) is 0 Å². The first-order valence-electron chi connectivity index (χ1n) is 6.73. The summed E-state index contributed by atoms with van der Waals surface area (Å²) in [4.78, 5) is 7.58. The van der Waals surface area contributed by atoms with E-state index < -0.39 is 0 Å². The lowest BCUT2D eigenvalue weighted by Gasteiger charge is -2.22. The first kappa shape index (κ1) is 14.2. The molecule has 1 aromatic heterocycles. The maximum Gasteiger partial charge on any atom is 0.294 e. The van der Waals surface area contributed by atoms with Crippen molar-refractivity contribution in [1.29, 1.82) is 0 Å². The molecule has 0 bridgehead atoms.